The van der Waals surface area contributed by atoms with Crippen molar-refractivity contribution < 1.29 is 4.74 Å². The molecule has 1 atom stereocenters. The van der Waals surface area contributed by atoms with Gasteiger partial charge in [0.05, 0.1) is 12.6 Å². The number of nitrogens with one attached hydrogen (secondary N) is 1. The number of hydrogen-bond donors (Lipinski definition) is 1. The molecule has 0 aromatic heterocycles. The second-order valence-corrected chi connectivity index (χ2v) is 4.66. The summed E-state index contributed by atoms with van der Waals surface area (Å²) in [5.41, 5.74) is 1.27. The highest BCUT2D eigenvalue weighted by atomic mass is 79.9. The number of ether oxygens (including phenoxy) is 1. The smallest absolute Gasteiger partial charge is 0.0661 e. The van der Waals surface area contributed by atoms with Gasteiger partial charge in [0.1, 0.15) is 0 Å². The number of halogens is 1. The summed E-state index contributed by atoms with van der Waals surface area (Å²) in [5, 5.41) is 3.44. The molecule has 0 heterocycles. The van der Waals surface area contributed by atoms with Crippen LogP contribution in [0.15, 0.2) is 28.7 Å². The molecule has 0 amide bonds. The zero-order valence-electron chi connectivity index (χ0n) is 10.0. The average molecular weight is 286 g/mol. The van der Waals surface area contributed by atoms with E-state index in [1.165, 1.54) is 5.56 Å². The van der Waals surface area contributed by atoms with E-state index in [0.717, 1.165) is 30.7 Å². The van der Waals surface area contributed by atoms with Crippen LogP contribution in [-0.4, -0.2) is 19.8 Å². The van der Waals surface area contributed by atoms with Gasteiger partial charge in [0.25, 0.3) is 0 Å². The fourth-order valence-electron chi connectivity index (χ4n) is 1.59. The summed E-state index contributed by atoms with van der Waals surface area (Å²) in [5.74, 6) is 0. The Morgan fingerprint density at radius 1 is 1.38 bits per heavy atom. The molecule has 0 saturated carbocycles. The fraction of sp³-hybridized carbons (Fsp3) is 0.538. The lowest BCUT2D eigenvalue weighted by atomic mass is 10.1. The van der Waals surface area contributed by atoms with Gasteiger partial charge >= 0.3 is 0 Å². The number of likely N-dealkylation sites (N-methyl/N-ethyl adjacent to an activating group) is 1. The van der Waals surface area contributed by atoms with Crippen molar-refractivity contribution in [2.75, 3.05) is 19.8 Å². The molecule has 16 heavy (non-hydrogen) atoms. The summed E-state index contributed by atoms with van der Waals surface area (Å²) in [4.78, 5) is 0. The lowest BCUT2D eigenvalue weighted by Crippen LogP contribution is -2.25. The Morgan fingerprint density at radius 2 is 2.19 bits per heavy atom. The minimum atomic E-state index is 0.286. The monoisotopic (exact) mass is 285 g/mol. The van der Waals surface area contributed by atoms with E-state index in [1.807, 2.05) is 6.07 Å². The van der Waals surface area contributed by atoms with E-state index in [2.05, 4.69) is 53.3 Å². The predicted octanol–water partition coefficient (Wildman–Crippen LogP) is 3.53. The Morgan fingerprint density at radius 3 is 2.81 bits per heavy atom. The molecule has 0 aliphatic heterocycles. The summed E-state index contributed by atoms with van der Waals surface area (Å²) in [6, 6.07) is 8.66. The van der Waals surface area contributed by atoms with Crippen LogP contribution in [-0.2, 0) is 4.74 Å². The minimum absolute atomic E-state index is 0.286. The number of rotatable bonds is 7. The van der Waals surface area contributed by atoms with Gasteiger partial charge < -0.3 is 10.1 Å². The highest BCUT2D eigenvalue weighted by Crippen LogP contribution is 2.18. The van der Waals surface area contributed by atoms with Crippen molar-refractivity contribution in [2.45, 2.75) is 26.3 Å². The van der Waals surface area contributed by atoms with Crippen molar-refractivity contribution >= 4 is 15.9 Å². The second kappa shape index (κ2) is 7.82. The van der Waals surface area contributed by atoms with Crippen LogP contribution < -0.4 is 5.32 Å². The molecule has 1 rings (SSSR count). The molecule has 1 aromatic carbocycles. The normalized spacial score (nSPS) is 12.7. The molecular formula is C13H20BrNO. The van der Waals surface area contributed by atoms with E-state index in [0.29, 0.717) is 0 Å². The van der Waals surface area contributed by atoms with Crippen molar-refractivity contribution in [3.63, 3.8) is 0 Å². The molecule has 0 fully saturated rings. The lowest BCUT2D eigenvalue weighted by Gasteiger charge is -2.18. The molecule has 1 N–H and O–H groups in total. The van der Waals surface area contributed by atoms with Gasteiger partial charge in [-0.2, -0.15) is 0 Å². The summed E-state index contributed by atoms with van der Waals surface area (Å²) < 4.78 is 6.73. The van der Waals surface area contributed by atoms with E-state index in [-0.39, 0.29) is 6.04 Å². The maximum absolute atomic E-state index is 5.61. The standard InChI is InChI=1S/C13H20BrNO/c1-3-8-16-10-13(15-4-2)11-6-5-7-12(14)9-11/h5-7,9,13,15H,3-4,8,10H2,1-2H3. The molecule has 1 unspecified atom stereocenters. The largest absolute Gasteiger partial charge is 0.379 e. The van der Waals surface area contributed by atoms with Crippen LogP contribution in [0.2, 0.25) is 0 Å². The molecule has 0 saturated heterocycles. The highest BCUT2D eigenvalue weighted by Gasteiger charge is 2.10. The van der Waals surface area contributed by atoms with Crippen molar-refractivity contribution in [3.8, 4) is 0 Å². The first kappa shape index (κ1) is 13.7. The summed E-state index contributed by atoms with van der Waals surface area (Å²) in [7, 11) is 0. The Balaban J connectivity index is 2.61. The van der Waals surface area contributed by atoms with Gasteiger partial charge in [-0.15, -0.1) is 0 Å². The predicted molar refractivity (Wildman–Crippen MR) is 71.7 cm³/mol. The van der Waals surface area contributed by atoms with Crippen molar-refractivity contribution in [2.24, 2.45) is 0 Å². The highest BCUT2D eigenvalue weighted by molar-refractivity contribution is 9.10. The first-order valence-corrected chi connectivity index (χ1v) is 6.63. The topological polar surface area (TPSA) is 21.3 Å². The first-order valence-electron chi connectivity index (χ1n) is 5.84. The van der Waals surface area contributed by atoms with E-state index >= 15 is 0 Å². The van der Waals surface area contributed by atoms with Gasteiger partial charge in [-0.1, -0.05) is 41.9 Å². The van der Waals surface area contributed by atoms with Crippen LogP contribution >= 0.6 is 15.9 Å². The third kappa shape index (κ3) is 4.64. The minimum Gasteiger partial charge on any atom is -0.379 e. The van der Waals surface area contributed by atoms with Crippen LogP contribution in [0.4, 0.5) is 0 Å². The lowest BCUT2D eigenvalue weighted by molar-refractivity contribution is 0.112. The van der Waals surface area contributed by atoms with Crippen molar-refractivity contribution in [1.82, 2.24) is 5.32 Å². The van der Waals surface area contributed by atoms with Gasteiger partial charge in [0, 0.05) is 11.1 Å². The fourth-order valence-corrected chi connectivity index (χ4v) is 2.01. The van der Waals surface area contributed by atoms with Crippen molar-refractivity contribution in [1.29, 1.82) is 0 Å². The molecule has 3 heteroatoms. The molecular weight excluding hydrogens is 266 g/mol. The van der Waals surface area contributed by atoms with Crippen LogP contribution in [0.1, 0.15) is 31.9 Å². The Kier molecular flexibility index (Phi) is 6.69. The zero-order valence-corrected chi connectivity index (χ0v) is 11.6. The number of hydrogen-bond acceptors (Lipinski definition) is 2. The quantitative estimate of drug-likeness (QED) is 0.774. The van der Waals surface area contributed by atoms with Gasteiger partial charge in [-0.3, -0.25) is 0 Å². The Labute approximate surface area is 107 Å². The Bertz CT molecular complexity index is 304. The van der Waals surface area contributed by atoms with Crippen LogP contribution in [0.5, 0.6) is 0 Å². The molecule has 0 spiro atoms. The summed E-state index contributed by atoms with van der Waals surface area (Å²) >= 11 is 3.49. The first-order chi connectivity index (χ1) is 7.77. The summed E-state index contributed by atoms with van der Waals surface area (Å²) in [6.07, 6.45) is 1.07. The summed E-state index contributed by atoms with van der Waals surface area (Å²) in [6.45, 7) is 6.76. The molecule has 2 nitrogen and oxygen atoms in total. The molecule has 0 bridgehead atoms. The maximum Gasteiger partial charge on any atom is 0.0661 e. The molecule has 0 aliphatic carbocycles. The maximum atomic E-state index is 5.61. The van der Waals surface area contributed by atoms with E-state index in [4.69, 9.17) is 4.74 Å². The van der Waals surface area contributed by atoms with Crippen LogP contribution in [0.25, 0.3) is 0 Å². The molecule has 0 radical (unpaired) electrons. The van der Waals surface area contributed by atoms with E-state index < -0.39 is 0 Å². The van der Waals surface area contributed by atoms with Gasteiger partial charge in [-0.05, 0) is 30.7 Å². The average Bonchev–Trinajstić information content (AvgIpc) is 2.28. The molecule has 0 aliphatic rings. The third-order valence-electron chi connectivity index (χ3n) is 2.33. The molecule has 90 valence electrons. The zero-order chi connectivity index (χ0) is 11.8. The van der Waals surface area contributed by atoms with Gasteiger partial charge in [0.2, 0.25) is 0 Å². The van der Waals surface area contributed by atoms with Gasteiger partial charge in [0.15, 0.2) is 0 Å². The second-order valence-electron chi connectivity index (χ2n) is 3.74. The van der Waals surface area contributed by atoms with Crippen molar-refractivity contribution in [3.05, 3.63) is 34.3 Å². The molecule has 1 aromatic rings. The third-order valence-corrected chi connectivity index (χ3v) is 2.83. The SMILES string of the molecule is CCCOCC(NCC)c1cccc(Br)c1. The van der Waals surface area contributed by atoms with Crippen LogP contribution in [0, 0.1) is 0 Å². The van der Waals surface area contributed by atoms with E-state index in [9.17, 15) is 0 Å². The van der Waals surface area contributed by atoms with E-state index in [1.54, 1.807) is 0 Å². The van der Waals surface area contributed by atoms with Gasteiger partial charge in [-0.25, -0.2) is 0 Å². The Hall–Kier alpha value is -0.380. The number of benzene rings is 1. The van der Waals surface area contributed by atoms with Crippen LogP contribution in [0.3, 0.4) is 0 Å².